The molecule has 0 aliphatic carbocycles. The van der Waals surface area contributed by atoms with Gasteiger partial charge in [-0.05, 0) is 6.07 Å². The second kappa shape index (κ2) is 4.00. The van der Waals surface area contributed by atoms with Crippen molar-refractivity contribution in [3.63, 3.8) is 0 Å². The summed E-state index contributed by atoms with van der Waals surface area (Å²) in [7, 11) is 0. The summed E-state index contributed by atoms with van der Waals surface area (Å²) in [6, 6.07) is 5.59. The fourth-order valence-electron chi connectivity index (χ4n) is 1.31. The largest absolute Gasteiger partial charge is 0.366 e. The van der Waals surface area contributed by atoms with Crippen molar-refractivity contribution in [3.05, 3.63) is 46.3 Å². The van der Waals surface area contributed by atoms with Crippen molar-refractivity contribution in [2.75, 3.05) is 5.73 Å². The van der Waals surface area contributed by atoms with Gasteiger partial charge in [-0.3, -0.25) is 14.9 Å². The molecule has 0 saturated carbocycles. The highest BCUT2D eigenvalue weighted by Gasteiger charge is 2.21. The van der Waals surface area contributed by atoms with Crippen LogP contribution in [0.25, 0.3) is 0 Å². The van der Waals surface area contributed by atoms with E-state index in [0.717, 1.165) is 11.0 Å². The van der Waals surface area contributed by atoms with Gasteiger partial charge in [-0.15, -0.1) is 5.10 Å². The molecule has 0 unspecified atom stereocenters. The van der Waals surface area contributed by atoms with E-state index in [1.54, 1.807) is 0 Å². The first kappa shape index (κ1) is 10.7. The number of aromatic nitrogens is 3. The van der Waals surface area contributed by atoms with Crippen LogP contribution in [0.1, 0.15) is 10.4 Å². The van der Waals surface area contributed by atoms with Gasteiger partial charge in [-0.25, -0.2) is 4.98 Å². The smallest absolute Gasteiger partial charge is 0.286 e. The molecule has 2 aromatic rings. The predicted molar refractivity (Wildman–Crippen MR) is 57.3 cm³/mol. The topological polar surface area (TPSA) is 117 Å². The molecular formula is C9H7N5O3. The van der Waals surface area contributed by atoms with Crippen LogP contribution in [0.4, 0.5) is 11.6 Å². The van der Waals surface area contributed by atoms with Crippen molar-refractivity contribution in [1.82, 2.24) is 14.8 Å². The quantitative estimate of drug-likeness (QED) is 0.594. The number of benzene rings is 1. The lowest BCUT2D eigenvalue weighted by Gasteiger charge is -2.00. The molecule has 0 saturated heterocycles. The number of hydrogen-bond donors (Lipinski definition) is 1. The van der Waals surface area contributed by atoms with Gasteiger partial charge in [0.2, 0.25) is 5.95 Å². The Morgan fingerprint density at radius 1 is 1.41 bits per heavy atom. The standard InChI is InChI=1S/C9H7N5O3/c10-9-11-5-13(12-9)8(15)6-3-1-2-4-7(6)14(16)17/h1-5H,(H2,10,12). The van der Waals surface area contributed by atoms with Crippen LogP contribution in [0.15, 0.2) is 30.6 Å². The van der Waals surface area contributed by atoms with Gasteiger partial charge in [0, 0.05) is 6.07 Å². The van der Waals surface area contributed by atoms with Gasteiger partial charge < -0.3 is 5.73 Å². The number of carbonyl (C=O) groups is 1. The Morgan fingerprint density at radius 2 is 2.12 bits per heavy atom. The van der Waals surface area contributed by atoms with Crippen molar-refractivity contribution in [3.8, 4) is 0 Å². The zero-order valence-electron chi connectivity index (χ0n) is 8.48. The third-order valence-electron chi connectivity index (χ3n) is 2.05. The van der Waals surface area contributed by atoms with Crippen LogP contribution in [-0.2, 0) is 0 Å². The van der Waals surface area contributed by atoms with Gasteiger partial charge >= 0.3 is 0 Å². The van der Waals surface area contributed by atoms with Gasteiger partial charge in [0.25, 0.3) is 11.6 Å². The van der Waals surface area contributed by atoms with E-state index < -0.39 is 10.8 Å². The van der Waals surface area contributed by atoms with Crippen LogP contribution in [0.2, 0.25) is 0 Å². The Hall–Kier alpha value is -2.77. The maximum Gasteiger partial charge on any atom is 0.286 e. The minimum atomic E-state index is -0.651. The highest BCUT2D eigenvalue weighted by Crippen LogP contribution is 2.18. The van der Waals surface area contributed by atoms with E-state index in [4.69, 9.17) is 5.73 Å². The van der Waals surface area contributed by atoms with Crippen molar-refractivity contribution in [2.45, 2.75) is 0 Å². The van der Waals surface area contributed by atoms with Crippen LogP contribution >= 0.6 is 0 Å². The summed E-state index contributed by atoms with van der Waals surface area (Å²) in [5.41, 5.74) is 4.91. The Bertz CT molecular complexity index is 592. The number of nitrogens with zero attached hydrogens (tertiary/aromatic N) is 4. The molecular weight excluding hydrogens is 226 g/mol. The summed E-state index contributed by atoms with van der Waals surface area (Å²) >= 11 is 0. The van der Waals surface area contributed by atoms with Gasteiger partial charge in [-0.2, -0.15) is 4.68 Å². The third kappa shape index (κ3) is 1.95. The molecule has 1 aromatic carbocycles. The van der Waals surface area contributed by atoms with Crippen molar-refractivity contribution >= 4 is 17.5 Å². The maximum atomic E-state index is 11.9. The van der Waals surface area contributed by atoms with Crippen LogP contribution in [-0.4, -0.2) is 25.6 Å². The average Bonchev–Trinajstić information content (AvgIpc) is 2.75. The zero-order valence-corrected chi connectivity index (χ0v) is 8.48. The highest BCUT2D eigenvalue weighted by atomic mass is 16.6. The Balaban J connectivity index is 2.47. The number of hydrogen-bond acceptors (Lipinski definition) is 6. The molecule has 0 amide bonds. The van der Waals surface area contributed by atoms with Crippen molar-refractivity contribution < 1.29 is 9.72 Å². The molecule has 2 N–H and O–H groups in total. The molecule has 17 heavy (non-hydrogen) atoms. The van der Waals surface area contributed by atoms with Crippen LogP contribution < -0.4 is 5.73 Å². The van der Waals surface area contributed by atoms with E-state index in [2.05, 4.69) is 10.1 Å². The molecule has 2 rings (SSSR count). The van der Waals surface area contributed by atoms with Crippen LogP contribution in [0.3, 0.4) is 0 Å². The van der Waals surface area contributed by atoms with Gasteiger partial charge in [0.05, 0.1) is 4.92 Å². The van der Waals surface area contributed by atoms with Crippen molar-refractivity contribution in [1.29, 1.82) is 0 Å². The van der Waals surface area contributed by atoms with E-state index in [1.807, 2.05) is 0 Å². The van der Waals surface area contributed by atoms with Crippen LogP contribution in [0, 0.1) is 10.1 Å². The molecule has 0 spiro atoms. The molecule has 0 aliphatic heterocycles. The fraction of sp³-hybridized carbons (Fsp3) is 0. The molecule has 8 heteroatoms. The first-order chi connectivity index (χ1) is 8.09. The lowest BCUT2D eigenvalue weighted by molar-refractivity contribution is -0.385. The highest BCUT2D eigenvalue weighted by molar-refractivity contribution is 5.99. The minimum Gasteiger partial charge on any atom is -0.366 e. The number of nitro benzene ring substituents is 1. The maximum absolute atomic E-state index is 11.9. The van der Waals surface area contributed by atoms with E-state index >= 15 is 0 Å². The molecule has 1 aromatic heterocycles. The number of carbonyl (C=O) groups excluding carboxylic acids is 1. The molecule has 0 radical (unpaired) electrons. The van der Waals surface area contributed by atoms with E-state index in [9.17, 15) is 14.9 Å². The first-order valence-electron chi connectivity index (χ1n) is 4.55. The van der Waals surface area contributed by atoms with Crippen LogP contribution in [0.5, 0.6) is 0 Å². The Kier molecular flexibility index (Phi) is 2.53. The van der Waals surface area contributed by atoms with E-state index in [-0.39, 0.29) is 17.2 Å². The second-order valence-corrected chi connectivity index (χ2v) is 3.13. The molecule has 86 valence electrons. The van der Waals surface area contributed by atoms with E-state index in [0.29, 0.717) is 0 Å². The number of rotatable bonds is 2. The Labute approximate surface area is 94.8 Å². The van der Waals surface area contributed by atoms with E-state index in [1.165, 1.54) is 24.3 Å². The summed E-state index contributed by atoms with van der Waals surface area (Å²) < 4.78 is 0.859. The van der Waals surface area contributed by atoms with Gasteiger partial charge in [0.15, 0.2) is 0 Å². The molecule has 0 fully saturated rings. The monoisotopic (exact) mass is 233 g/mol. The first-order valence-corrected chi connectivity index (χ1v) is 4.55. The lowest BCUT2D eigenvalue weighted by atomic mass is 10.2. The van der Waals surface area contributed by atoms with Gasteiger partial charge in [0.1, 0.15) is 11.9 Å². The minimum absolute atomic E-state index is 0.0672. The number of nitro groups is 1. The average molecular weight is 233 g/mol. The SMILES string of the molecule is Nc1ncn(C(=O)c2ccccc2[N+](=O)[O-])n1. The Morgan fingerprint density at radius 3 is 2.71 bits per heavy atom. The number of nitrogen functional groups attached to an aromatic ring is 1. The van der Waals surface area contributed by atoms with Gasteiger partial charge in [-0.1, -0.05) is 12.1 Å². The third-order valence-corrected chi connectivity index (χ3v) is 2.05. The molecule has 0 bridgehead atoms. The van der Waals surface area contributed by atoms with Crippen molar-refractivity contribution in [2.24, 2.45) is 0 Å². The lowest BCUT2D eigenvalue weighted by Crippen LogP contribution is -2.14. The molecule has 0 aliphatic rings. The second-order valence-electron chi connectivity index (χ2n) is 3.13. The molecule has 0 atom stereocenters. The normalized spacial score (nSPS) is 10.1. The summed E-state index contributed by atoms with van der Waals surface area (Å²) in [4.78, 5) is 25.6. The zero-order chi connectivity index (χ0) is 12.4. The number of nitrogens with two attached hydrogens (primary N) is 1. The summed E-state index contributed by atoms with van der Waals surface area (Å²) in [5.74, 6) is -0.724. The summed E-state index contributed by atoms with van der Waals surface area (Å²) in [6.45, 7) is 0. The number of anilines is 1. The fourth-order valence-corrected chi connectivity index (χ4v) is 1.31. The molecule has 1 heterocycles. The number of para-hydroxylation sites is 1. The predicted octanol–water partition coefficient (Wildman–Crippen LogP) is 0.457. The summed E-state index contributed by atoms with van der Waals surface area (Å²) in [6.07, 6.45) is 1.11. The molecule has 8 nitrogen and oxygen atoms in total. The summed E-state index contributed by atoms with van der Waals surface area (Å²) in [5, 5.41) is 14.3.